The number of pyridine rings is 1. The second kappa shape index (κ2) is 4.62. The number of rotatable bonds is 5. The van der Waals surface area contributed by atoms with E-state index in [2.05, 4.69) is 22.9 Å². The van der Waals surface area contributed by atoms with Gasteiger partial charge in [0.1, 0.15) is 5.82 Å². The highest BCUT2D eigenvalue weighted by atomic mass is 15.2. The zero-order valence-electron chi connectivity index (χ0n) is 9.32. The molecule has 0 unspecified atom stereocenters. The molecule has 0 amide bonds. The van der Waals surface area contributed by atoms with Gasteiger partial charge in [-0.2, -0.15) is 0 Å². The Kier molecular flexibility index (Phi) is 3.21. The zero-order chi connectivity index (χ0) is 10.7. The third kappa shape index (κ3) is 2.48. The minimum absolute atomic E-state index is 0.713. The van der Waals surface area contributed by atoms with Gasteiger partial charge in [0.05, 0.1) is 0 Å². The van der Waals surface area contributed by atoms with E-state index in [1.807, 2.05) is 12.3 Å². The summed E-state index contributed by atoms with van der Waals surface area (Å²) in [5, 5.41) is 0. The summed E-state index contributed by atoms with van der Waals surface area (Å²) < 4.78 is 0. The van der Waals surface area contributed by atoms with Gasteiger partial charge in [-0.25, -0.2) is 4.98 Å². The van der Waals surface area contributed by atoms with Crippen molar-refractivity contribution in [3.8, 4) is 0 Å². The Labute approximate surface area is 91.3 Å². The van der Waals surface area contributed by atoms with Gasteiger partial charge in [-0.1, -0.05) is 6.07 Å². The summed E-state index contributed by atoms with van der Waals surface area (Å²) in [4.78, 5) is 6.90. The molecule has 1 aromatic rings. The van der Waals surface area contributed by atoms with Gasteiger partial charge in [-0.15, -0.1) is 0 Å². The molecule has 1 heterocycles. The molecule has 0 saturated heterocycles. The van der Waals surface area contributed by atoms with Crippen molar-refractivity contribution in [1.29, 1.82) is 0 Å². The summed E-state index contributed by atoms with van der Waals surface area (Å²) >= 11 is 0. The number of nitrogens with zero attached hydrogens (tertiary/aromatic N) is 2. The second-order valence-electron chi connectivity index (χ2n) is 4.21. The molecule has 1 aliphatic carbocycles. The number of hydrogen-bond acceptors (Lipinski definition) is 3. The van der Waals surface area contributed by atoms with Gasteiger partial charge in [0.2, 0.25) is 0 Å². The second-order valence-corrected chi connectivity index (χ2v) is 4.21. The zero-order valence-corrected chi connectivity index (χ0v) is 9.32. The van der Waals surface area contributed by atoms with E-state index in [0.717, 1.165) is 25.3 Å². The van der Waals surface area contributed by atoms with Gasteiger partial charge in [0, 0.05) is 18.8 Å². The molecule has 1 aliphatic rings. The highest BCUT2D eigenvalue weighted by Gasteiger charge is 2.30. The molecule has 2 rings (SSSR count). The van der Waals surface area contributed by atoms with Crippen molar-refractivity contribution in [3.63, 3.8) is 0 Å². The highest BCUT2D eigenvalue weighted by Crippen LogP contribution is 2.31. The minimum atomic E-state index is 0.713. The van der Waals surface area contributed by atoms with E-state index in [-0.39, 0.29) is 0 Å². The van der Waals surface area contributed by atoms with E-state index >= 15 is 0 Å². The smallest absolute Gasteiger partial charge is 0.131 e. The van der Waals surface area contributed by atoms with Gasteiger partial charge in [0.15, 0.2) is 0 Å². The number of aromatic nitrogens is 1. The van der Waals surface area contributed by atoms with Gasteiger partial charge >= 0.3 is 0 Å². The van der Waals surface area contributed by atoms with Crippen LogP contribution in [0, 0.1) is 6.92 Å². The number of hydrogen-bond donors (Lipinski definition) is 1. The largest absolute Gasteiger partial charge is 0.353 e. The van der Waals surface area contributed by atoms with Crippen LogP contribution in [-0.2, 0) is 0 Å². The normalized spacial score (nSPS) is 15.3. The molecule has 1 aromatic heterocycles. The molecule has 3 nitrogen and oxygen atoms in total. The maximum atomic E-state index is 5.57. The molecule has 82 valence electrons. The standard InChI is InChI=1S/C12H19N3/c1-10-4-2-8-14-12(10)15(9-3-7-13)11-5-6-11/h2,4,8,11H,3,5-7,9,13H2,1H3. The van der Waals surface area contributed by atoms with E-state index < -0.39 is 0 Å². The van der Waals surface area contributed by atoms with Gasteiger partial charge < -0.3 is 10.6 Å². The quantitative estimate of drug-likeness (QED) is 0.795. The molecule has 15 heavy (non-hydrogen) atoms. The van der Waals surface area contributed by atoms with Crippen LogP contribution >= 0.6 is 0 Å². The van der Waals surface area contributed by atoms with E-state index in [4.69, 9.17) is 5.73 Å². The van der Waals surface area contributed by atoms with Crippen LogP contribution in [0.3, 0.4) is 0 Å². The number of nitrogens with two attached hydrogens (primary N) is 1. The maximum Gasteiger partial charge on any atom is 0.131 e. The van der Waals surface area contributed by atoms with Gasteiger partial charge in [0.25, 0.3) is 0 Å². The van der Waals surface area contributed by atoms with Crippen LogP contribution in [-0.4, -0.2) is 24.1 Å². The SMILES string of the molecule is Cc1cccnc1N(CCCN)C1CC1. The van der Waals surface area contributed by atoms with E-state index in [9.17, 15) is 0 Å². The van der Waals surface area contributed by atoms with Crippen LogP contribution < -0.4 is 10.6 Å². The average Bonchev–Trinajstić information content (AvgIpc) is 3.05. The number of anilines is 1. The van der Waals surface area contributed by atoms with Crippen LogP contribution in [0.1, 0.15) is 24.8 Å². The van der Waals surface area contributed by atoms with Gasteiger partial charge in [-0.3, -0.25) is 0 Å². The summed E-state index contributed by atoms with van der Waals surface area (Å²) in [6, 6.07) is 4.83. The fourth-order valence-corrected chi connectivity index (χ4v) is 1.89. The molecule has 1 saturated carbocycles. The molecule has 0 bridgehead atoms. The van der Waals surface area contributed by atoms with Crippen molar-refractivity contribution in [3.05, 3.63) is 23.9 Å². The molecular weight excluding hydrogens is 186 g/mol. The Bertz CT molecular complexity index is 320. The summed E-state index contributed by atoms with van der Waals surface area (Å²) in [7, 11) is 0. The molecular formula is C12H19N3. The Morgan fingerprint density at radius 3 is 2.93 bits per heavy atom. The van der Waals surface area contributed by atoms with Crippen molar-refractivity contribution in [2.45, 2.75) is 32.2 Å². The van der Waals surface area contributed by atoms with Crippen molar-refractivity contribution in [2.75, 3.05) is 18.0 Å². The van der Waals surface area contributed by atoms with Crippen LogP contribution in [0.5, 0.6) is 0 Å². The lowest BCUT2D eigenvalue weighted by molar-refractivity contribution is 0.720. The van der Waals surface area contributed by atoms with E-state index in [1.54, 1.807) is 0 Å². The fraction of sp³-hybridized carbons (Fsp3) is 0.583. The van der Waals surface area contributed by atoms with E-state index in [1.165, 1.54) is 18.4 Å². The third-order valence-electron chi connectivity index (χ3n) is 2.84. The number of aryl methyl sites for hydroxylation is 1. The van der Waals surface area contributed by atoms with Crippen molar-refractivity contribution in [2.24, 2.45) is 5.73 Å². The van der Waals surface area contributed by atoms with Crippen LogP contribution in [0.2, 0.25) is 0 Å². The average molecular weight is 205 g/mol. The molecule has 0 aromatic carbocycles. The first-order valence-corrected chi connectivity index (χ1v) is 5.71. The summed E-state index contributed by atoms with van der Waals surface area (Å²) in [6.45, 7) is 3.92. The van der Waals surface area contributed by atoms with Crippen LogP contribution in [0.4, 0.5) is 5.82 Å². The molecule has 3 heteroatoms. The lowest BCUT2D eigenvalue weighted by atomic mass is 10.2. The Balaban J connectivity index is 2.13. The van der Waals surface area contributed by atoms with Gasteiger partial charge in [-0.05, 0) is 44.4 Å². The first-order chi connectivity index (χ1) is 7.33. The summed E-state index contributed by atoms with van der Waals surface area (Å²) in [6.07, 6.45) is 5.54. The Morgan fingerprint density at radius 1 is 1.53 bits per heavy atom. The molecule has 0 atom stereocenters. The topological polar surface area (TPSA) is 42.2 Å². The predicted molar refractivity (Wildman–Crippen MR) is 63.0 cm³/mol. The molecule has 0 spiro atoms. The lowest BCUT2D eigenvalue weighted by Crippen LogP contribution is -2.29. The monoisotopic (exact) mass is 205 g/mol. The molecule has 1 fully saturated rings. The maximum absolute atomic E-state index is 5.57. The predicted octanol–water partition coefficient (Wildman–Crippen LogP) is 1.71. The molecule has 0 aliphatic heterocycles. The first-order valence-electron chi connectivity index (χ1n) is 5.71. The van der Waals surface area contributed by atoms with Crippen molar-refractivity contribution in [1.82, 2.24) is 4.98 Å². The lowest BCUT2D eigenvalue weighted by Gasteiger charge is -2.24. The molecule has 0 radical (unpaired) electrons. The van der Waals surface area contributed by atoms with Crippen molar-refractivity contribution < 1.29 is 0 Å². The highest BCUT2D eigenvalue weighted by molar-refractivity contribution is 5.47. The third-order valence-corrected chi connectivity index (χ3v) is 2.84. The van der Waals surface area contributed by atoms with Crippen LogP contribution in [0.25, 0.3) is 0 Å². The fourth-order valence-electron chi connectivity index (χ4n) is 1.89. The Morgan fingerprint density at radius 2 is 2.33 bits per heavy atom. The molecule has 2 N–H and O–H groups in total. The minimum Gasteiger partial charge on any atom is -0.353 e. The summed E-state index contributed by atoms with van der Waals surface area (Å²) in [5.41, 5.74) is 6.83. The van der Waals surface area contributed by atoms with Crippen molar-refractivity contribution >= 4 is 5.82 Å². The first kappa shape index (κ1) is 10.4. The van der Waals surface area contributed by atoms with Crippen LogP contribution in [0.15, 0.2) is 18.3 Å². The summed E-state index contributed by atoms with van der Waals surface area (Å²) in [5.74, 6) is 1.15. The Hall–Kier alpha value is -1.09. The van der Waals surface area contributed by atoms with E-state index in [0.29, 0.717) is 6.04 Å².